The van der Waals surface area contributed by atoms with Gasteiger partial charge in [-0.15, -0.1) is 0 Å². The topological polar surface area (TPSA) is 72.1 Å². The van der Waals surface area contributed by atoms with E-state index in [1.165, 1.54) is 0 Å². The van der Waals surface area contributed by atoms with Crippen LogP contribution in [0, 0.1) is 0 Å². The Kier molecular flexibility index (Phi) is 5.10. The molecule has 2 amide bonds. The molecule has 0 aliphatic heterocycles. The van der Waals surface area contributed by atoms with Crippen LogP contribution in [-0.4, -0.2) is 15.8 Å². The average molecular weight is 374 g/mol. The maximum absolute atomic E-state index is 12.3. The van der Waals surface area contributed by atoms with Crippen LogP contribution in [0.4, 0.5) is 4.79 Å². The zero-order valence-corrected chi connectivity index (χ0v) is 15.6. The van der Waals surface area contributed by atoms with Crippen LogP contribution in [0.3, 0.4) is 0 Å². The Morgan fingerprint density at radius 2 is 1.96 bits per heavy atom. The van der Waals surface area contributed by atoms with Crippen LogP contribution in [-0.2, 0) is 13.1 Å². The van der Waals surface area contributed by atoms with Crippen molar-refractivity contribution in [2.45, 2.75) is 26.1 Å². The summed E-state index contributed by atoms with van der Waals surface area (Å²) in [7, 11) is 0. The molecule has 2 aromatic heterocycles. The minimum Gasteiger partial charge on any atom is -0.459 e. The van der Waals surface area contributed by atoms with Gasteiger partial charge in [0, 0.05) is 24.3 Å². The summed E-state index contributed by atoms with van der Waals surface area (Å²) in [6.07, 6.45) is 3.69. The molecule has 6 heteroatoms. The van der Waals surface area contributed by atoms with Gasteiger partial charge >= 0.3 is 6.03 Å². The Labute approximate surface area is 163 Å². The molecular formula is C22H22N4O2. The summed E-state index contributed by atoms with van der Waals surface area (Å²) in [6.45, 7) is 3.06. The molecule has 0 saturated carbocycles. The quantitative estimate of drug-likeness (QED) is 0.530. The van der Waals surface area contributed by atoms with E-state index >= 15 is 0 Å². The molecule has 2 heterocycles. The summed E-state index contributed by atoms with van der Waals surface area (Å²) in [5, 5.41) is 11.1. The number of hydrogen-bond donors (Lipinski definition) is 2. The van der Waals surface area contributed by atoms with Crippen LogP contribution in [0.25, 0.3) is 11.0 Å². The maximum atomic E-state index is 12.3. The van der Waals surface area contributed by atoms with E-state index in [2.05, 4.69) is 27.9 Å². The van der Waals surface area contributed by atoms with Gasteiger partial charge in [-0.05, 0) is 36.2 Å². The predicted octanol–water partition coefficient (Wildman–Crippen LogP) is 4.24. The lowest BCUT2D eigenvalue weighted by molar-refractivity contribution is 0.236. The fraction of sp³-hybridized carbons (Fsp3) is 0.182. The molecule has 2 aromatic carbocycles. The number of fused-ring (bicyclic) bond motifs is 1. The van der Waals surface area contributed by atoms with Gasteiger partial charge < -0.3 is 15.1 Å². The molecule has 6 nitrogen and oxygen atoms in total. The van der Waals surface area contributed by atoms with E-state index in [0.717, 1.165) is 27.9 Å². The Hall–Kier alpha value is -3.54. The van der Waals surface area contributed by atoms with Gasteiger partial charge in [0.2, 0.25) is 0 Å². The van der Waals surface area contributed by atoms with Gasteiger partial charge in [0.1, 0.15) is 11.3 Å². The molecule has 0 radical (unpaired) electrons. The molecular weight excluding hydrogens is 352 g/mol. The second kappa shape index (κ2) is 8.00. The number of nitrogens with one attached hydrogen (secondary N) is 2. The Balaban J connectivity index is 1.32. The number of urea groups is 1. The largest absolute Gasteiger partial charge is 0.459 e. The van der Waals surface area contributed by atoms with Crippen molar-refractivity contribution in [1.29, 1.82) is 0 Å². The van der Waals surface area contributed by atoms with Crippen LogP contribution in [0.1, 0.15) is 29.9 Å². The summed E-state index contributed by atoms with van der Waals surface area (Å²) in [5.41, 5.74) is 3.00. The van der Waals surface area contributed by atoms with Crippen molar-refractivity contribution in [1.82, 2.24) is 20.4 Å². The number of benzene rings is 2. The zero-order valence-electron chi connectivity index (χ0n) is 15.6. The molecule has 142 valence electrons. The van der Waals surface area contributed by atoms with Crippen LogP contribution >= 0.6 is 0 Å². The van der Waals surface area contributed by atoms with Gasteiger partial charge in [-0.1, -0.05) is 42.5 Å². The normalized spacial score (nSPS) is 12.0. The first-order chi connectivity index (χ1) is 13.7. The van der Waals surface area contributed by atoms with E-state index in [1.807, 2.05) is 66.3 Å². The van der Waals surface area contributed by atoms with E-state index in [9.17, 15) is 4.79 Å². The van der Waals surface area contributed by atoms with Crippen molar-refractivity contribution < 1.29 is 9.21 Å². The molecule has 0 aliphatic rings. The predicted molar refractivity (Wildman–Crippen MR) is 108 cm³/mol. The van der Waals surface area contributed by atoms with Gasteiger partial charge in [0.15, 0.2) is 0 Å². The first kappa shape index (κ1) is 17.9. The summed E-state index contributed by atoms with van der Waals surface area (Å²) in [5.74, 6) is 0.734. The van der Waals surface area contributed by atoms with E-state index in [0.29, 0.717) is 13.1 Å². The highest BCUT2D eigenvalue weighted by Crippen LogP contribution is 2.23. The Bertz CT molecular complexity index is 1040. The number of nitrogens with zero attached hydrogens (tertiary/aromatic N) is 2. The number of aromatic nitrogens is 2. The highest BCUT2D eigenvalue weighted by molar-refractivity contribution is 5.78. The van der Waals surface area contributed by atoms with E-state index in [1.54, 1.807) is 6.20 Å². The summed E-state index contributed by atoms with van der Waals surface area (Å²) >= 11 is 0. The standard InChI is InChI=1S/C22H22N4O2/c1-16(21-13-19-8-2-3-9-20(19)28-21)25-22(27)23-14-17-6-4-7-18(12-17)15-26-11-5-10-24-26/h2-13,16H,14-15H2,1H3,(H2,23,25,27). The lowest BCUT2D eigenvalue weighted by atomic mass is 10.1. The van der Waals surface area contributed by atoms with Crippen molar-refractivity contribution in [3.05, 3.63) is 89.9 Å². The van der Waals surface area contributed by atoms with Gasteiger partial charge in [-0.25, -0.2) is 4.79 Å². The number of amides is 2. The maximum Gasteiger partial charge on any atom is 0.315 e. The fourth-order valence-corrected chi connectivity index (χ4v) is 3.14. The van der Waals surface area contributed by atoms with Crippen molar-refractivity contribution in [2.75, 3.05) is 0 Å². The van der Waals surface area contributed by atoms with Gasteiger partial charge in [0.05, 0.1) is 12.6 Å². The monoisotopic (exact) mass is 374 g/mol. The Morgan fingerprint density at radius 3 is 2.79 bits per heavy atom. The minimum atomic E-state index is -0.231. The smallest absolute Gasteiger partial charge is 0.315 e. The van der Waals surface area contributed by atoms with E-state index < -0.39 is 0 Å². The number of rotatable bonds is 6. The number of para-hydroxylation sites is 1. The van der Waals surface area contributed by atoms with Crippen LogP contribution < -0.4 is 10.6 Å². The van der Waals surface area contributed by atoms with E-state index in [-0.39, 0.29) is 12.1 Å². The molecule has 0 fully saturated rings. The van der Waals surface area contributed by atoms with Crippen LogP contribution in [0.2, 0.25) is 0 Å². The average Bonchev–Trinajstić information content (AvgIpc) is 3.36. The molecule has 0 saturated heterocycles. The van der Waals surface area contributed by atoms with Crippen molar-refractivity contribution in [3.8, 4) is 0 Å². The van der Waals surface area contributed by atoms with Gasteiger partial charge in [-0.3, -0.25) is 4.68 Å². The number of carbonyl (C=O) groups excluding carboxylic acids is 1. The summed E-state index contributed by atoms with van der Waals surface area (Å²) in [6, 6.07) is 19.3. The fourth-order valence-electron chi connectivity index (χ4n) is 3.14. The van der Waals surface area contributed by atoms with E-state index in [4.69, 9.17) is 4.42 Å². The van der Waals surface area contributed by atoms with Gasteiger partial charge in [0.25, 0.3) is 0 Å². The lowest BCUT2D eigenvalue weighted by Gasteiger charge is -2.13. The SMILES string of the molecule is CC(NC(=O)NCc1cccc(Cn2cccn2)c1)c1cc2ccccc2o1. The first-order valence-corrected chi connectivity index (χ1v) is 9.25. The minimum absolute atomic E-state index is 0.224. The molecule has 1 unspecified atom stereocenters. The van der Waals surface area contributed by atoms with Crippen molar-refractivity contribution in [2.24, 2.45) is 0 Å². The third-order valence-electron chi connectivity index (χ3n) is 4.57. The molecule has 0 aliphatic carbocycles. The third-order valence-corrected chi connectivity index (χ3v) is 4.57. The van der Waals surface area contributed by atoms with Crippen LogP contribution in [0.15, 0.2) is 77.5 Å². The molecule has 1 atom stereocenters. The molecule has 4 aromatic rings. The second-order valence-corrected chi connectivity index (χ2v) is 6.76. The second-order valence-electron chi connectivity index (χ2n) is 6.76. The molecule has 0 bridgehead atoms. The van der Waals surface area contributed by atoms with Gasteiger partial charge in [-0.2, -0.15) is 5.10 Å². The zero-order chi connectivity index (χ0) is 19.3. The number of carbonyl (C=O) groups is 1. The molecule has 0 spiro atoms. The Morgan fingerprint density at radius 1 is 1.11 bits per heavy atom. The first-order valence-electron chi connectivity index (χ1n) is 9.25. The lowest BCUT2D eigenvalue weighted by Crippen LogP contribution is -2.36. The van der Waals surface area contributed by atoms with Crippen molar-refractivity contribution in [3.63, 3.8) is 0 Å². The molecule has 28 heavy (non-hydrogen) atoms. The highest BCUT2D eigenvalue weighted by atomic mass is 16.3. The molecule has 2 N–H and O–H groups in total. The number of furan rings is 1. The number of hydrogen-bond acceptors (Lipinski definition) is 3. The summed E-state index contributed by atoms with van der Waals surface area (Å²) < 4.78 is 7.68. The van der Waals surface area contributed by atoms with Crippen molar-refractivity contribution >= 4 is 17.0 Å². The van der Waals surface area contributed by atoms with Crippen LogP contribution in [0.5, 0.6) is 0 Å². The highest BCUT2D eigenvalue weighted by Gasteiger charge is 2.14. The third kappa shape index (κ3) is 4.23. The molecule has 4 rings (SSSR count). The summed E-state index contributed by atoms with van der Waals surface area (Å²) in [4.78, 5) is 12.3.